The standard InChI is InChI=1S/C17H24N4O2/c22-17(15-4-5-16-18-7-9-21(16)14-15)19-6-2-1-3-8-20-10-12-23-13-11-20/h4-5,7,9,14H,1-3,6,8,10-13H2,(H,19,22). The number of hydrogen-bond donors (Lipinski definition) is 1. The van der Waals surface area contributed by atoms with Gasteiger partial charge in [0, 0.05) is 38.2 Å². The Kier molecular flexibility index (Phi) is 5.60. The van der Waals surface area contributed by atoms with Gasteiger partial charge in [-0.3, -0.25) is 9.69 Å². The average molecular weight is 316 g/mol. The molecule has 1 saturated heterocycles. The van der Waals surface area contributed by atoms with Gasteiger partial charge in [-0.1, -0.05) is 6.42 Å². The first-order valence-electron chi connectivity index (χ1n) is 8.34. The highest BCUT2D eigenvalue weighted by Gasteiger charge is 2.09. The fourth-order valence-corrected chi connectivity index (χ4v) is 2.82. The zero-order chi connectivity index (χ0) is 15.9. The first-order valence-corrected chi connectivity index (χ1v) is 8.34. The van der Waals surface area contributed by atoms with E-state index in [4.69, 9.17) is 4.74 Å². The molecule has 0 atom stereocenters. The number of morpholine rings is 1. The van der Waals surface area contributed by atoms with E-state index in [1.165, 1.54) is 6.42 Å². The van der Waals surface area contributed by atoms with E-state index >= 15 is 0 Å². The van der Waals surface area contributed by atoms with Crippen LogP contribution in [0.25, 0.3) is 5.65 Å². The van der Waals surface area contributed by atoms with E-state index in [1.807, 2.05) is 28.9 Å². The van der Waals surface area contributed by atoms with Crippen LogP contribution in [0, 0.1) is 0 Å². The van der Waals surface area contributed by atoms with E-state index in [2.05, 4.69) is 15.2 Å². The maximum atomic E-state index is 12.1. The maximum absolute atomic E-state index is 12.1. The van der Waals surface area contributed by atoms with Crippen LogP contribution < -0.4 is 5.32 Å². The van der Waals surface area contributed by atoms with E-state index in [0.717, 1.165) is 57.9 Å². The molecule has 2 aromatic rings. The Balaban J connectivity index is 1.32. The van der Waals surface area contributed by atoms with Gasteiger partial charge in [-0.2, -0.15) is 0 Å². The summed E-state index contributed by atoms with van der Waals surface area (Å²) in [6, 6.07) is 3.67. The Morgan fingerprint density at radius 3 is 2.96 bits per heavy atom. The molecule has 3 rings (SSSR count). The van der Waals surface area contributed by atoms with Crippen LogP contribution in [0.5, 0.6) is 0 Å². The van der Waals surface area contributed by atoms with E-state index in [-0.39, 0.29) is 5.91 Å². The van der Waals surface area contributed by atoms with Crippen molar-refractivity contribution >= 4 is 11.6 Å². The van der Waals surface area contributed by atoms with Gasteiger partial charge in [-0.05, 0) is 31.5 Å². The smallest absolute Gasteiger partial charge is 0.252 e. The quantitative estimate of drug-likeness (QED) is 0.788. The van der Waals surface area contributed by atoms with Crippen molar-refractivity contribution in [1.29, 1.82) is 0 Å². The number of ether oxygens (including phenoxy) is 1. The molecular formula is C17H24N4O2. The molecule has 6 nitrogen and oxygen atoms in total. The van der Waals surface area contributed by atoms with Crippen molar-refractivity contribution in [1.82, 2.24) is 19.6 Å². The highest BCUT2D eigenvalue weighted by atomic mass is 16.5. The summed E-state index contributed by atoms with van der Waals surface area (Å²) in [6.45, 7) is 5.67. The Hall–Kier alpha value is -1.92. The Labute approximate surface area is 136 Å². The van der Waals surface area contributed by atoms with Crippen molar-refractivity contribution in [2.24, 2.45) is 0 Å². The minimum Gasteiger partial charge on any atom is -0.379 e. The number of imidazole rings is 1. The maximum Gasteiger partial charge on any atom is 0.252 e. The van der Waals surface area contributed by atoms with Crippen LogP contribution >= 0.6 is 0 Å². The van der Waals surface area contributed by atoms with Gasteiger partial charge in [0.05, 0.1) is 18.8 Å². The largest absolute Gasteiger partial charge is 0.379 e. The molecule has 1 aliphatic rings. The fourth-order valence-electron chi connectivity index (χ4n) is 2.82. The molecule has 0 radical (unpaired) electrons. The molecule has 23 heavy (non-hydrogen) atoms. The SMILES string of the molecule is O=C(NCCCCCN1CCOCC1)c1ccc2nccn2c1. The number of rotatable bonds is 7. The molecular weight excluding hydrogens is 292 g/mol. The van der Waals surface area contributed by atoms with Gasteiger partial charge in [0.1, 0.15) is 5.65 Å². The number of unbranched alkanes of at least 4 members (excludes halogenated alkanes) is 2. The van der Waals surface area contributed by atoms with E-state index in [9.17, 15) is 4.79 Å². The Morgan fingerprint density at radius 1 is 1.22 bits per heavy atom. The molecule has 0 unspecified atom stereocenters. The summed E-state index contributed by atoms with van der Waals surface area (Å²) in [4.78, 5) is 18.7. The zero-order valence-corrected chi connectivity index (χ0v) is 13.4. The number of aromatic nitrogens is 2. The minimum absolute atomic E-state index is 0.0196. The third-order valence-electron chi connectivity index (χ3n) is 4.19. The first-order chi connectivity index (χ1) is 11.3. The van der Waals surface area contributed by atoms with Gasteiger partial charge < -0.3 is 14.5 Å². The summed E-state index contributed by atoms with van der Waals surface area (Å²) in [5.74, 6) is -0.0196. The van der Waals surface area contributed by atoms with Crippen molar-refractivity contribution in [3.05, 3.63) is 36.3 Å². The second kappa shape index (κ2) is 8.08. The van der Waals surface area contributed by atoms with Gasteiger partial charge in [-0.25, -0.2) is 4.98 Å². The second-order valence-electron chi connectivity index (χ2n) is 5.88. The molecule has 3 heterocycles. The second-order valence-corrected chi connectivity index (χ2v) is 5.88. The molecule has 0 spiro atoms. The molecule has 6 heteroatoms. The van der Waals surface area contributed by atoms with Crippen LogP contribution in [0.3, 0.4) is 0 Å². The van der Waals surface area contributed by atoms with Gasteiger partial charge in [-0.15, -0.1) is 0 Å². The number of carbonyl (C=O) groups is 1. The lowest BCUT2D eigenvalue weighted by Gasteiger charge is -2.26. The average Bonchev–Trinajstić information content (AvgIpc) is 3.06. The first kappa shape index (κ1) is 16.0. The monoisotopic (exact) mass is 316 g/mol. The summed E-state index contributed by atoms with van der Waals surface area (Å²) in [5.41, 5.74) is 1.52. The minimum atomic E-state index is -0.0196. The van der Waals surface area contributed by atoms with Crippen LogP contribution in [-0.4, -0.2) is 59.6 Å². The van der Waals surface area contributed by atoms with Crippen molar-refractivity contribution in [3.63, 3.8) is 0 Å². The molecule has 2 aromatic heterocycles. The van der Waals surface area contributed by atoms with Crippen LogP contribution in [-0.2, 0) is 4.74 Å². The van der Waals surface area contributed by atoms with Crippen molar-refractivity contribution in [2.75, 3.05) is 39.4 Å². The van der Waals surface area contributed by atoms with Gasteiger partial charge in [0.25, 0.3) is 5.91 Å². The highest BCUT2D eigenvalue weighted by Crippen LogP contribution is 2.05. The molecule has 0 saturated carbocycles. The number of fused-ring (bicyclic) bond motifs is 1. The summed E-state index contributed by atoms with van der Waals surface area (Å²) in [7, 11) is 0. The van der Waals surface area contributed by atoms with Crippen LogP contribution in [0.2, 0.25) is 0 Å². The van der Waals surface area contributed by atoms with E-state index in [1.54, 1.807) is 6.20 Å². The molecule has 124 valence electrons. The third-order valence-corrected chi connectivity index (χ3v) is 4.19. The molecule has 1 aliphatic heterocycles. The fraction of sp³-hybridized carbons (Fsp3) is 0.529. The van der Waals surface area contributed by atoms with Gasteiger partial charge >= 0.3 is 0 Å². The number of hydrogen-bond acceptors (Lipinski definition) is 4. The molecule has 1 N–H and O–H groups in total. The lowest BCUT2D eigenvalue weighted by molar-refractivity contribution is 0.0371. The predicted octanol–water partition coefficient (Wildman–Crippen LogP) is 1.57. The Morgan fingerprint density at radius 2 is 2.09 bits per heavy atom. The van der Waals surface area contributed by atoms with Crippen LogP contribution in [0.4, 0.5) is 0 Å². The van der Waals surface area contributed by atoms with Crippen LogP contribution in [0.15, 0.2) is 30.7 Å². The van der Waals surface area contributed by atoms with Crippen LogP contribution in [0.1, 0.15) is 29.6 Å². The lowest BCUT2D eigenvalue weighted by atomic mass is 10.2. The molecule has 0 aliphatic carbocycles. The van der Waals surface area contributed by atoms with Crippen molar-refractivity contribution < 1.29 is 9.53 Å². The number of pyridine rings is 1. The number of nitrogens with one attached hydrogen (secondary N) is 1. The normalized spacial score (nSPS) is 15.8. The highest BCUT2D eigenvalue weighted by molar-refractivity contribution is 5.94. The van der Waals surface area contributed by atoms with Gasteiger partial charge in [0.15, 0.2) is 0 Å². The predicted molar refractivity (Wildman–Crippen MR) is 88.6 cm³/mol. The third kappa shape index (κ3) is 4.53. The van der Waals surface area contributed by atoms with E-state index < -0.39 is 0 Å². The number of carbonyl (C=O) groups excluding carboxylic acids is 1. The van der Waals surface area contributed by atoms with Crippen molar-refractivity contribution in [3.8, 4) is 0 Å². The van der Waals surface area contributed by atoms with Crippen molar-refractivity contribution in [2.45, 2.75) is 19.3 Å². The Bertz CT molecular complexity index is 634. The summed E-state index contributed by atoms with van der Waals surface area (Å²) in [6.07, 6.45) is 8.72. The molecule has 0 bridgehead atoms. The molecule has 1 amide bonds. The molecule has 1 fully saturated rings. The van der Waals surface area contributed by atoms with E-state index in [0.29, 0.717) is 5.56 Å². The molecule has 0 aromatic carbocycles. The summed E-state index contributed by atoms with van der Waals surface area (Å²) < 4.78 is 7.20. The summed E-state index contributed by atoms with van der Waals surface area (Å²) in [5, 5.41) is 2.99. The van der Waals surface area contributed by atoms with Gasteiger partial charge in [0.2, 0.25) is 0 Å². The summed E-state index contributed by atoms with van der Waals surface area (Å²) >= 11 is 0. The number of nitrogens with zero attached hydrogens (tertiary/aromatic N) is 3. The zero-order valence-electron chi connectivity index (χ0n) is 13.4. The topological polar surface area (TPSA) is 58.9 Å². The number of amides is 1. The lowest BCUT2D eigenvalue weighted by Crippen LogP contribution is -2.36.